The third kappa shape index (κ3) is 2.05. The molecule has 0 spiro atoms. The molecule has 0 bridgehead atoms. The largest absolute Gasteiger partial charge is 0.326 e. The van der Waals surface area contributed by atoms with E-state index < -0.39 is 0 Å². The molecule has 0 aromatic carbocycles. The fraction of sp³-hybridized carbons (Fsp3) is 1.00. The molecule has 0 unspecified atom stereocenters. The zero-order valence-electron chi connectivity index (χ0n) is 8.71. The van der Waals surface area contributed by atoms with Gasteiger partial charge in [-0.2, -0.15) is 0 Å². The van der Waals surface area contributed by atoms with Gasteiger partial charge in [0.2, 0.25) is 0 Å². The van der Waals surface area contributed by atoms with Crippen molar-refractivity contribution in [2.75, 3.05) is 13.1 Å². The van der Waals surface area contributed by atoms with E-state index in [0.717, 1.165) is 5.92 Å². The van der Waals surface area contributed by atoms with E-state index in [1.807, 2.05) is 0 Å². The normalized spacial score (nSPS) is 38.3. The minimum Gasteiger partial charge on any atom is -0.326 e. The van der Waals surface area contributed by atoms with E-state index in [4.69, 9.17) is 5.73 Å². The lowest BCUT2D eigenvalue weighted by atomic mass is 9.97. The molecule has 2 rings (SSSR count). The third-order valence-electron chi connectivity index (χ3n) is 3.82. The SMILES string of the molecule is CC1CCN([C@H]2CCC[C@@H]2N)CC1. The minimum atomic E-state index is 0.466. The Morgan fingerprint density at radius 3 is 2.31 bits per heavy atom. The summed E-state index contributed by atoms with van der Waals surface area (Å²) in [6.45, 7) is 4.95. The number of rotatable bonds is 1. The number of piperidine rings is 1. The molecular weight excluding hydrogens is 160 g/mol. The lowest BCUT2D eigenvalue weighted by Crippen LogP contribution is -2.47. The van der Waals surface area contributed by atoms with E-state index in [1.54, 1.807) is 0 Å². The highest BCUT2D eigenvalue weighted by Gasteiger charge is 2.30. The van der Waals surface area contributed by atoms with E-state index in [9.17, 15) is 0 Å². The van der Waals surface area contributed by atoms with Crippen LogP contribution in [0.1, 0.15) is 39.0 Å². The first-order valence-electron chi connectivity index (χ1n) is 5.77. The quantitative estimate of drug-likeness (QED) is 0.667. The molecule has 0 radical (unpaired) electrons. The van der Waals surface area contributed by atoms with Crippen molar-refractivity contribution >= 4 is 0 Å². The second-order valence-electron chi connectivity index (χ2n) is 4.88. The van der Waals surface area contributed by atoms with Gasteiger partial charge >= 0.3 is 0 Å². The zero-order chi connectivity index (χ0) is 9.26. The Kier molecular flexibility index (Phi) is 2.89. The van der Waals surface area contributed by atoms with E-state index in [1.165, 1.54) is 45.2 Å². The highest BCUT2D eigenvalue weighted by atomic mass is 15.2. The average molecular weight is 182 g/mol. The van der Waals surface area contributed by atoms with Gasteiger partial charge in [-0.25, -0.2) is 0 Å². The maximum absolute atomic E-state index is 6.10. The Balaban J connectivity index is 1.86. The first-order chi connectivity index (χ1) is 6.27. The van der Waals surface area contributed by atoms with Gasteiger partial charge in [0.05, 0.1) is 0 Å². The van der Waals surface area contributed by atoms with Crippen molar-refractivity contribution in [3.63, 3.8) is 0 Å². The van der Waals surface area contributed by atoms with Gasteiger partial charge in [-0.15, -0.1) is 0 Å². The summed E-state index contributed by atoms with van der Waals surface area (Å²) in [6.07, 6.45) is 6.69. The molecule has 0 amide bonds. The molecule has 1 saturated heterocycles. The van der Waals surface area contributed by atoms with Gasteiger partial charge in [-0.1, -0.05) is 13.3 Å². The molecule has 0 aromatic heterocycles. The summed E-state index contributed by atoms with van der Waals surface area (Å²) >= 11 is 0. The van der Waals surface area contributed by atoms with Crippen LogP contribution in [0.3, 0.4) is 0 Å². The lowest BCUT2D eigenvalue weighted by Gasteiger charge is -2.36. The van der Waals surface area contributed by atoms with Gasteiger partial charge in [0.25, 0.3) is 0 Å². The van der Waals surface area contributed by atoms with Crippen LogP contribution in [0.15, 0.2) is 0 Å². The van der Waals surface area contributed by atoms with Gasteiger partial charge < -0.3 is 5.73 Å². The summed E-state index contributed by atoms with van der Waals surface area (Å²) in [4.78, 5) is 2.64. The Bertz CT molecular complexity index is 161. The predicted molar refractivity (Wildman–Crippen MR) is 55.6 cm³/mol. The Morgan fingerprint density at radius 2 is 1.77 bits per heavy atom. The summed E-state index contributed by atoms with van der Waals surface area (Å²) in [5, 5.41) is 0. The second kappa shape index (κ2) is 3.97. The highest BCUT2D eigenvalue weighted by Crippen LogP contribution is 2.26. The number of hydrogen-bond donors (Lipinski definition) is 1. The van der Waals surface area contributed by atoms with Crippen molar-refractivity contribution in [1.82, 2.24) is 4.90 Å². The third-order valence-corrected chi connectivity index (χ3v) is 3.82. The van der Waals surface area contributed by atoms with Crippen LogP contribution in [0.2, 0.25) is 0 Å². The predicted octanol–water partition coefficient (Wildman–Crippen LogP) is 1.60. The lowest BCUT2D eigenvalue weighted by molar-refractivity contribution is 0.131. The van der Waals surface area contributed by atoms with Crippen LogP contribution in [0, 0.1) is 5.92 Å². The summed E-state index contributed by atoms with van der Waals surface area (Å²) in [6, 6.07) is 1.18. The van der Waals surface area contributed by atoms with Gasteiger partial charge in [-0.05, 0) is 44.7 Å². The van der Waals surface area contributed by atoms with Gasteiger partial charge in [0.15, 0.2) is 0 Å². The second-order valence-corrected chi connectivity index (χ2v) is 4.88. The van der Waals surface area contributed by atoms with E-state index in [2.05, 4.69) is 11.8 Å². The van der Waals surface area contributed by atoms with E-state index in [-0.39, 0.29) is 0 Å². The Labute approximate surface area is 81.5 Å². The number of nitrogens with zero attached hydrogens (tertiary/aromatic N) is 1. The van der Waals surface area contributed by atoms with E-state index in [0.29, 0.717) is 12.1 Å². The summed E-state index contributed by atoms with van der Waals surface area (Å²) < 4.78 is 0. The maximum atomic E-state index is 6.10. The Hall–Kier alpha value is -0.0800. The van der Waals surface area contributed by atoms with Crippen LogP contribution in [0.25, 0.3) is 0 Å². The molecular formula is C11H22N2. The topological polar surface area (TPSA) is 29.3 Å². The van der Waals surface area contributed by atoms with Gasteiger partial charge in [0, 0.05) is 12.1 Å². The smallest absolute Gasteiger partial charge is 0.0247 e. The van der Waals surface area contributed by atoms with Crippen molar-refractivity contribution in [3.8, 4) is 0 Å². The van der Waals surface area contributed by atoms with Crippen molar-refractivity contribution in [1.29, 1.82) is 0 Å². The van der Waals surface area contributed by atoms with Crippen LogP contribution in [0.5, 0.6) is 0 Å². The highest BCUT2D eigenvalue weighted by molar-refractivity contribution is 4.89. The van der Waals surface area contributed by atoms with Crippen LogP contribution < -0.4 is 5.73 Å². The van der Waals surface area contributed by atoms with E-state index >= 15 is 0 Å². The fourth-order valence-electron chi connectivity index (χ4n) is 2.78. The molecule has 2 atom stereocenters. The van der Waals surface area contributed by atoms with Crippen LogP contribution >= 0.6 is 0 Å². The fourth-order valence-corrected chi connectivity index (χ4v) is 2.78. The van der Waals surface area contributed by atoms with Crippen molar-refractivity contribution in [3.05, 3.63) is 0 Å². The molecule has 1 aliphatic carbocycles. The van der Waals surface area contributed by atoms with Crippen LogP contribution in [-0.2, 0) is 0 Å². The molecule has 1 heterocycles. The maximum Gasteiger partial charge on any atom is 0.0247 e. The first-order valence-corrected chi connectivity index (χ1v) is 5.77. The van der Waals surface area contributed by atoms with Crippen molar-refractivity contribution in [2.45, 2.75) is 51.1 Å². The standard InChI is InChI=1S/C11H22N2/c1-9-5-7-13(8-6-9)11-4-2-3-10(11)12/h9-11H,2-8,12H2,1H3/t10-,11-/m0/s1. The molecule has 2 heteroatoms. The number of hydrogen-bond acceptors (Lipinski definition) is 2. The molecule has 0 aromatic rings. The summed E-state index contributed by atoms with van der Waals surface area (Å²) in [5.41, 5.74) is 6.10. The molecule has 2 N–H and O–H groups in total. The first kappa shape index (κ1) is 9.47. The molecule has 1 saturated carbocycles. The van der Waals surface area contributed by atoms with Crippen molar-refractivity contribution < 1.29 is 0 Å². The average Bonchev–Trinajstić information content (AvgIpc) is 2.53. The summed E-state index contributed by atoms with van der Waals surface area (Å²) in [5.74, 6) is 0.939. The number of likely N-dealkylation sites (tertiary alicyclic amines) is 1. The summed E-state index contributed by atoms with van der Waals surface area (Å²) in [7, 11) is 0. The monoisotopic (exact) mass is 182 g/mol. The van der Waals surface area contributed by atoms with Gasteiger partial charge in [0.1, 0.15) is 0 Å². The molecule has 2 fully saturated rings. The zero-order valence-corrected chi connectivity index (χ0v) is 8.71. The minimum absolute atomic E-state index is 0.466. The molecule has 1 aliphatic heterocycles. The van der Waals surface area contributed by atoms with Crippen LogP contribution in [0.4, 0.5) is 0 Å². The number of nitrogens with two attached hydrogens (primary N) is 1. The molecule has 2 nitrogen and oxygen atoms in total. The molecule has 2 aliphatic rings. The van der Waals surface area contributed by atoms with Crippen molar-refractivity contribution in [2.24, 2.45) is 11.7 Å². The Morgan fingerprint density at radius 1 is 1.08 bits per heavy atom. The molecule has 76 valence electrons. The van der Waals surface area contributed by atoms with Crippen LogP contribution in [-0.4, -0.2) is 30.1 Å². The van der Waals surface area contributed by atoms with Gasteiger partial charge in [-0.3, -0.25) is 4.90 Å². The molecule has 13 heavy (non-hydrogen) atoms.